The summed E-state index contributed by atoms with van der Waals surface area (Å²) in [6.45, 7) is 5.82. The third kappa shape index (κ3) is 4.13. The molecule has 0 aliphatic carbocycles. The molecular formula is C26H23N3O5. The minimum absolute atomic E-state index is 0.138. The zero-order chi connectivity index (χ0) is 24.4. The van der Waals surface area contributed by atoms with Gasteiger partial charge in [0.2, 0.25) is 0 Å². The van der Waals surface area contributed by atoms with Gasteiger partial charge in [0, 0.05) is 17.1 Å². The Morgan fingerprint density at radius 3 is 2.29 bits per heavy atom. The highest BCUT2D eigenvalue weighted by Gasteiger charge is 2.36. The van der Waals surface area contributed by atoms with Crippen molar-refractivity contribution in [3.8, 4) is 5.69 Å². The number of anilines is 1. The molecule has 1 N–H and O–H groups in total. The lowest BCUT2D eigenvalue weighted by Gasteiger charge is -2.26. The Morgan fingerprint density at radius 2 is 1.65 bits per heavy atom. The van der Waals surface area contributed by atoms with Gasteiger partial charge < -0.3 is 9.30 Å². The third-order valence-corrected chi connectivity index (χ3v) is 5.52. The van der Waals surface area contributed by atoms with Crippen LogP contribution in [0, 0.1) is 13.8 Å². The molecule has 8 nitrogen and oxygen atoms in total. The number of amides is 4. The van der Waals surface area contributed by atoms with Crippen molar-refractivity contribution < 1.29 is 23.9 Å². The summed E-state index contributed by atoms with van der Waals surface area (Å²) >= 11 is 0. The lowest BCUT2D eigenvalue weighted by molar-refractivity contribution is -0.122. The SMILES string of the molecule is CCOC(=O)c1ccc(-n2c(C)cc(/C=C3\C(=O)NC(=O)N(c4ccccc4)C3=O)c2C)cc1. The third-order valence-electron chi connectivity index (χ3n) is 5.52. The van der Waals surface area contributed by atoms with E-state index in [9.17, 15) is 19.2 Å². The number of carbonyl (C=O) groups excluding carboxylic acids is 4. The van der Waals surface area contributed by atoms with Crippen LogP contribution in [0.1, 0.15) is 34.2 Å². The zero-order valence-corrected chi connectivity index (χ0v) is 19.0. The summed E-state index contributed by atoms with van der Waals surface area (Å²) < 4.78 is 6.98. The van der Waals surface area contributed by atoms with Gasteiger partial charge in [-0.1, -0.05) is 18.2 Å². The maximum absolute atomic E-state index is 13.1. The fourth-order valence-corrected chi connectivity index (χ4v) is 3.92. The fraction of sp³-hybridized carbons (Fsp3) is 0.154. The number of ether oxygens (including phenoxy) is 1. The number of esters is 1. The van der Waals surface area contributed by atoms with Crippen LogP contribution in [0.15, 0.2) is 66.2 Å². The average molecular weight is 457 g/mol. The van der Waals surface area contributed by atoms with E-state index in [0.29, 0.717) is 23.4 Å². The molecule has 8 heteroatoms. The molecule has 172 valence electrons. The van der Waals surface area contributed by atoms with Gasteiger partial charge in [-0.05, 0) is 74.9 Å². The van der Waals surface area contributed by atoms with Gasteiger partial charge >= 0.3 is 12.0 Å². The van der Waals surface area contributed by atoms with Gasteiger partial charge in [-0.3, -0.25) is 14.9 Å². The van der Waals surface area contributed by atoms with Crippen LogP contribution in [0.3, 0.4) is 0 Å². The lowest BCUT2D eigenvalue weighted by atomic mass is 10.1. The van der Waals surface area contributed by atoms with Crippen molar-refractivity contribution in [1.29, 1.82) is 0 Å². The Morgan fingerprint density at radius 1 is 0.971 bits per heavy atom. The van der Waals surface area contributed by atoms with E-state index in [-0.39, 0.29) is 11.5 Å². The molecule has 4 rings (SSSR count). The van der Waals surface area contributed by atoms with Gasteiger partial charge in [0.25, 0.3) is 11.8 Å². The minimum atomic E-state index is -0.787. The first-order chi connectivity index (χ1) is 16.3. The molecule has 0 atom stereocenters. The highest BCUT2D eigenvalue weighted by Crippen LogP contribution is 2.26. The summed E-state index contributed by atoms with van der Waals surface area (Å²) in [5.41, 5.74) is 3.81. The quantitative estimate of drug-likeness (QED) is 0.356. The second kappa shape index (κ2) is 9.19. The Labute approximate surface area is 196 Å². The molecule has 1 aromatic heterocycles. The first-order valence-electron chi connectivity index (χ1n) is 10.7. The summed E-state index contributed by atoms with van der Waals surface area (Å²) in [5, 5.41) is 2.24. The van der Waals surface area contributed by atoms with Gasteiger partial charge in [0.15, 0.2) is 0 Å². The van der Waals surface area contributed by atoms with Gasteiger partial charge in [-0.25, -0.2) is 14.5 Å². The number of aromatic nitrogens is 1. The number of barbiturate groups is 1. The smallest absolute Gasteiger partial charge is 0.338 e. The van der Waals surface area contributed by atoms with E-state index in [1.165, 1.54) is 6.08 Å². The van der Waals surface area contributed by atoms with Crippen LogP contribution >= 0.6 is 0 Å². The maximum atomic E-state index is 13.1. The first-order valence-corrected chi connectivity index (χ1v) is 10.7. The van der Waals surface area contributed by atoms with Gasteiger partial charge in [-0.2, -0.15) is 0 Å². The second-order valence-electron chi connectivity index (χ2n) is 7.72. The van der Waals surface area contributed by atoms with Crippen LogP contribution in [0.4, 0.5) is 10.5 Å². The predicted octanol–water partition coefficient (Wildman–Crippen LogP) is 3.94. The number of para-hydroxylation sites is 1. The number of hydrogen-bond acceptors (Lipinski definition) is 5. The van der Waals surface area contributed by atoms with Gasteiger partial charge in [0.1, 0.15) is 5.57 Å². The summed E-state index contributed by atoms with van der Waals surface area (Å²) in [6.07, 6.45) is 1.49. The summed E-state index contributed by atoms with van der Waals surface area (Å²) in [7, 11) is 0. The first kappa shape index (κ1) is 22.7. The molecule has 2 heterocycles. The molecule has 0 bridgehead atoms. The number of aryl methyl sites for hydroxylation is 1. The number of urea groups is 1. The largest absolute Gasteiger partial charge is 0.462 e. The molecule has 1 fully saturated rings. The van der Waals surface area contributed by atoms with E-state index in [0.717, 1.165) is 22.0 Å². The summed E-state index contributed by atoms with van der Waals surface area (Å²) in [5.74, 6) is -1.82. The topological polar surface area (TPSA) is 97.7 Å². The normalized spacial score (nSPS) is 15.0. The number of rotatable bonds is 5. The van der Waals surface area contributed by atoms with Crippen molar-refractivity contribution in [2.24, 2.45) is 0 Å². The molecule has 0 spiro atoms. The summed E-state index contributed by atoms with van der Waals surface area (Å²) in [6, 6.07) is 16.5. The molecular weight excluding hydrogens is 434 g/mol. The Balaban J connectivity index is 1.69. The number of carbonyl (C=O) groups is 4. The van der Waals surface area contributed by atoms with Crippen LogP contribution in [0.5, 0.6) is 0 Å². The van der Waals surface area contributed by atoms with E-state index in [4.69, 9.17) is 4.74 Å². The molecule has 0 unspecified atom stereocenters. The predicted molar refractivity (Wildman–Crippen MR) is 127 cm³/mol. The Bertz CT molecular complexity index is 1320. The highest BCUT2D eigenvalue weighted by molar-refractivity contribution is 6.39. The summed E-state index contributed by atoms with van der Waals surface area (Å²) in [4.78, 5) is 50.9. The molecule has 3 aromatic rings. The molecule has 0 radical (unpaired) electrons. The van der Waals surface area contributed by atoms with Crippen LogP contribution in [-0.4, -0.2) is 35.0 Å². The molecule has 1 saturated heterocycles. The van der Waals surface area contributed by atoms with Crippen LogP contribution in [0.2, 0.25) is 0 Å². The van der Waals surface area contributed by atoms with Crippen molar-refractivity contribution in [1.82, 2.24) is 9.88 Å². The Kier molecular flexibility index (Phi) is 6.14. The number of imide groups is 2. The van der Waals surface area contributed by atoms with Crippen LogP contribution < -0.4 is 10.2 Å². The Hall–Kier alpha value is -4.46. The van der Waals surface area contributed by atoms with Gasteiger partial charge in [-0.15, -0.1) is 0 Å². The highest BCUT2D eigenvalue weighted by atomic mass is 16.5. The molecule has 1 aliphatic heterocycles. The molecule has 1 aliphatic rings. The number of nitrogens with zero attached hydrogens (tertiary/aromatic N) is 2. The van der Waals surface area contributed by atoms with Crippen molar-refractivity contribution in [3.63, 3.8) is 0 Å². The van der Waals surface area contributed by atoms with Crippen molar-refractivity contribution >= 4 is 35.6 Å². The van der Waals surface area contributed by atoms with E-state index >= 15 is 0 Å². The molecule has 4 amide bonds. The van der Waals surface area contributed by atoms with Crippen LogP contribution in [0.25, 0.3) is 11.8 Å². The van der Waals surface area contributed by atoms with Crippen molar-refractivity contribution in [2.75, 3.05) is 11.5 Å². The molecule has 34 heavy (non-hydrogen) atoms. The van der Waals surface area contributed by atoms with E-state index in [2.05, 4.69) is 5.32 Å². The van der Waals surface area contributed by atoms with Crippen molar-refractivity contribution in [3.05, 3.63) is 88.8 Å². The minimum Gasteiger partial charge on any atom is -0.462 e. The van der Waals surface area contributed by atoms with Gasteiger partial charge in [0.05, 0.1) is 17.9 Å². The number of nitrogens with one attached hydrogen (secondary N) is 1. The number of hydrogen-bond donors (Lipinski definition) is 1. The molecule has 2 aromatic carbocycles. The van der Waals surface area contributed by atoms with E-state index in [1.54, 1.807) is 61.5 Å². The van der Waals surface area contributed by atoms with Crippen molar-refractivity contribution in [2.45, 2.75) is 20.8 Å². The zero-order valence-electron chi connectivity index (χ0n) is 19.0. The van der Waals surface area contributed by atoms with E-state index in [1.807, 2.05) is 24.5 Å². The second-order valence-corrected chi connectivity index (χ2v) is 7.72. The average Bonchev–Trinajstić information content (AvgIpc) is 3.10. The number of benzene rings is 2. The lowest BCUT2D eigenvalue weighted by Crippen LogP contribution is -2.54. The maximum Gasteiger partial charge on any atom is 0.338 e. The molecule has 0 saturated carbocycles. The van der Waals surface area contributed by atoms with E-state index < -0.39 is 17.8 Å². The van der Waals surface area contributed by atoms with Crippen LogP contribution in [-0.2, 0) is 14.3 Å². The fourth-order valence-electron chi connectivity index (χ4n) is 3.92. The standard InChI is InChI=1S/C26H23N3O5/c1-4-34-25(32)18-10-12-21(13-11-18)28-16(2)14-19(17(28)3)15-22-23(30)27-26(33)29(24(22)31)20-8-6-5-7-9-20/h5-15H,4H2,1-3H3,(H,27,30,33)/b22-15+. The monoisotopic (exact) mass is 457 g/mol.